The number of aromatic nitrogens is 4. The highest BCUT2D eigenvalue weighted by molar-refractivity contribution is 7.99. The van der Waals surface area contributed by atoms with E-state index in [1.165, 1.54) is 17.8 Å². The van der Waals surface area contributed by atoms with Gasteiger partial charge in [0, 0.05) is 44.0 Å². The number of thioether (sulfide) groups is 1. The summed E-state index contributed by atoms with van der Waals surface area (Å²) >= 11 is 1.46. The maximum Gasteiger partial charge on any atom is 0.244 e. The molecule has 1 fully saturated rings. The standard InChI is InChI=1S/C20H26N8OS/c1-4-19(29)21-7-5-6-12-30-20-23-16(22-17-13-15(2)25-26-17)14-18(24-20)28-10-8-27(3)9-11-28/h4,13-14H,1,7-12H2,2-3H3,(H,21,29)(H2,22,23,24,25,26). The Kier molecular flexibility index (Phi) is 7.70. The number of hydrogen-bond donors (Lipinski definition) is 3. The second-order valence-corrected chi connectivity index (χ2v) is 7.75. The van der Waals surface area contributed by atoms with E-state index in [1.807, 2.05) is 19.1 Å². The molecule has 9 nitrogen and oxygen atoms in total. The Morgan fingerprint density at radius 1 is 1.27 bits per heavy atom. The van der Waals surface area contributed by atoms with Crippen LogP contribution in [0.25, 0.3) is 0 Å². The Balaban J connectivity index is 1.69. The van der Waals surface area contributed by atoms with Gasteiger partial charge in [0.05, 0.1) is 12.3 Å². The molecule has 0 aliphatic carbocycles. The molecule has 0 radical (unpaired) electrons. The summed E-state index contributed by atoms with van der Waals surface area (Å²) in [6.45, 7) is 9.47. The first-order valence-electron chi connectivity index (χ1n) is 9.64. The number of piperazine rings is 1. The Morgan fingerprint density at radius 2 is 2.07 bits per heavy atom. The van der Waals surface area contributed by atoms with Gasteiger partial charge in [-0.25, -0.2) is 9.97 Å². The number of aryl methyl sites for hydroxylation is 1. The van der Waals surface area contributed by atoms with Crippen LogP contribution in [0.2, 0.25) is 0 Å². The van der Waals surface area contributed by atoms with Crippen LogP contribution in [-0.2, 0) is 4.79 Å². The average molecular weight is 427 g/mol. The van der Waals surface area contributed by atoms with Crippen molar-refractivity contribution in [2.45, 2.75) is 12.1 Å². The smallest absolute Gasteiger partial charge is 0.244 e. The van der Waals surface area contributed by atoms with Crippen molar-refractivity contribution < 1.29 is 4.79 Å². The van der Waals surface area contributed by atoms with Crippen molar-refractivity contribution in [2.75, 3.05) is 55.7 Å². The van der Waals surface area contributed by atoms with Crippen LogP contribution in [0.3, 0.4) is 0 Å². The van der Waals surface area contributed by atoms with Gasteiger partial charge in [0.15, 0.2) is 11.0 Å². The topological polar surface area (TPSA) is 102 Å². The van der Waals surface area contributed by atoms with E-state index in [0.717, 1.165) is 37.7 Å². The Labute approximate surface area is 180 Å². The number of H-pyrrole nitrogens is 1. The zero-order chi connectivity index (χ0) is 21.3. The molecule has 3 rings (SSSR count). The summed E-state index contributed by atoms with van der Waals surface area (Å²) in [5, 5.41) is 13.7. The minimum atomic E-state index is -0.232. The van der Waals surface area contributed by atoms with Crippen LogP contribution in [0.1, 0.15) is 5.69 Å². The van der Waals surface area contributed by atoms with E-state index in [0.29, 0.717) is 29.1 Å². The number of rotatable bonds is 7. The number of likely N-dealkylation sites (N-methyl/N-ethyl adjacent to an activating group) is 1. The van der Waals surface area contributed by atoms with Crippen LogP contribution in [-0.4, -0.2) is 76.5 Å². The number of carbonyl (C=O) groups is 1. The number of nitrogens with one attached hydrogen (secondary N) is 3. The Morgan fingerprint density at radius 3 is 2.77 bits per heavy atom. The van der Waals surface area contributed by atoms with Crippen LogP contribution in [0.4, 0.5) is 17.5 Å². The van der Waals surface area contributed by atoms with Gasteiger partial charge >= 0.3 is 0 Å². The molecule has 30 heavy (non-hydrogen) atoms. The molecule has 1 aliphatic heterocycles. The number of nitrogens with zero attached hydrogens (tertiary/aromatic N) is 5. The highest BCUT2D eigenvalue weighted by Gasteiger charge is 2.17. The van der Waals surface area contributed by atoms with Gasteiger partial charge in [-0.1, -0.05) is 30.2 Å². The molecule has 2 aromatic rings. The maximum atomic E-state index is 11.1. The number of hydrogen-bond acceptors (Lipinski definition) is 8. The van der Waals surface area contributed by atoms with Crippen molar-refractivity contribution in [1.82, 2.24) is 30.4 Å². The first kappa shape index (κ1) is 21.7. The molecule has 158 valence electrons. The second kappa shape index (κ2) is 10.7. The minimum Gasteiger partial charge on any atom is -0.354 e. The molecule has 0 atom stereocenters. The fourth-order valence-corrected chi connectivity index (χ4v) is 3.39. The predicted molar refractivity (Wildman–Crippen MR) is 120 cm³/mol. The second-order valence-electron chi connectivity index (χ2n) is 6.81. The van der Waals surface area contributed by atoms with Gasteiger partial charge in [0.1, 0.15) is 11.6 Å². The fourth-order valence-electron chi connectivity index (χ4n) is 2.77. The van der Waals surface area contributed by atoms with Gasteiger partial charge in [0.25, 0.3) is 0 Å². The lowest BCUT2D eigenvalue weighted by Crippen LogP contribution is -2.44. The molecule has 3 N–H and O–H groups in total. The van der Waals surface area contributed by atoms with Gasteiger partial charge in [-0.05, 0) is 20.0 Å². The average Bonchev–Trinajstić information content (AvgIpc) is 3.15. The third-order valence-electron chi connectivity index (χ3n) is 4.42. The lowest BCUT2D eigenvalue weighted by molar-refractivity contribution is -0.116. The molecule has 0 unspecified atom stereocenters. The van der Waals surface area contributed by atoms with Crippen LogP contribution in [0.15, 0.2) is 29.9 Å². The quantitative estimate of drug-likeness (QED) is 0.264. The van der Waals surface area contributed by atoms with Crippen LogP contribution < -0.4 is 15.5 Å². The monoisotopic (exact) mass is 426 g/mol. The summed E-state index contributed by atoms with van der Waals surface area (Å²) in [4.78, 5) is 25.0. The predicted octanol–water partition coefficient (Wildman–Crippen LogP) is 1.40. The normalized spacial score (nSPS) is 14.0. The molecule has 1 saturated heterocycles. The van der Waals surface area contributed by atoms with Gasteiger partial charge in [-0.2, -0.15) is 5.10 Å². The highest BCUT2D eigenvalue weighted by Crippen LogP contribution is 2.24. The molecule has 0 aromatic carbocycles. The van der Waals surface area contributed by atoms with Crippen molar-refractivity contribution in [3.8, 4) is 11.8 Å². The third-order valence-corrected chi connectivity index (χ3v) is 5.15. The first-order chi connectivity index (χ1) is 14.5. The SMILES string of the molecule is C=CC(=O)NCC#CCSc1nc(Nc2cc(C)[nH]n2)cc(N2CCN(C)CC2)n1. The first-order valence-corrected chi connectivity index (χ1v) is 10.6. The molecule has 0 spiro atoms. The van der Waals surface area contributed by atoms with E-state index < -0.39 is 0 Å². The summed E-state index contributed by atoms with van der Waals surface area (Å²) in [5.41, 5.74) is 0.972. The fraction of sp³-hybridized carbons (Fsp3) is 0.400. The lowest BCUT2D eigenvalue weighted by atomic mass is 10.3. The number of carbonyl (C=O) groups excluding carboxylic acids is 1. The number of amides is 1. The molecular formula is C20H26N8OS. The molecule has 3 heterocycles. The highest BCUT2D eigenvalue weighted by atomic mass is 32.2. The van der Waals surface area contributed by atoms with E-state index in [9.17, 15) is 4.79 Å². The Bertz CT molecular complexity index is 940. The zero-order valence-electron chi connectivity index (χ0n) is 17.2. The summed E-state index contributed by atoms with van der Waals surface area (Å²) in [5.74, 6) is 8.51. The van der Waals surface area contributed by atoms with Crippen molar-refractivity contribution in [2.24, 2.45) is 0 Å². The van der Waals surface area contributed by atoms with E-state index >= 15 is 0 Å². The largest absolute Gasteiger partial charge is 0.354 e. The Hall–Kier alpha value is -3.03. The molecular weight excluding hydrogens is 400 g/mol. The lowest BCUT2D eigenvalue weighted by Gasteiger charge is -2.33. The number of aromatic amines is 1. The molecule has 1 amide bonds. The summed E-state index contributed by atoms with van der Waals surface area (Å²) < 4.78 is 0. The third kappa shape index (κ3) is 6.50. The zero-order valence-corrected chi connectivity index (χ0v) is 18.1. The van der Waals surface area contributed by atoms with Crippen molar-refractivity contribution >= 4 is 35.1 Å². The van der Waals surface area contributed by atoms with Crippen molar-refractivity contribution in [3.63, 3.8) is 0 Å². The van der Waals surface area contributed by atoms with E-state index in [2.05, 4.69) is 61.1 Å². The molecule has 0 saturated carbocycles. The molecule has 1 aliphatic rings. The molecule has 10 heteroatoms. The maximum absolute atomic E-state index is 11.1. The summed E-state index contributed by atoms with van der Waals surface area (Å²) in [7, 11) is 2.13. The van der Waals surface area contributed by atoms with Gasteiger partial charge < -0.3 is 20.4 Å². The van der Waals surface area contributed by atoms with Crippen LogP contribution in [0.5, 0.6) is 0 Å². The summed E-state index contributed by atoms with van der Waals surface area (Å²) in [6, 6.07) is 3.88. The van der Waals surface area contributed by atoms with E-state index in [1.54, 1.807) is 0 Å². The molecule has 2 aromatic heterocycles. The van der Waals surface area contributed by atoms with Crippen molar-refractivity contribution in [3.05, 3.63) is 30.5 Å². The summed E-state index contributed by atoms with van der Waals surface area (Å²) in [6.07, 6.45) is 1.23. The number of anilines is 3. The van der Waals surface area contributed by atoms with Crippen LogP contribution >= 0.6 is 11.8 Å². The van der Waals surface area contributed by atoms with Crippen molar-refractivity contribution in [1.29, 1.82) is 0 Å². The van der Waals surface area contributed by atoms with E-state index in [-0.39, 0.29) is 5.91 Å². The van der Waals surface area contributed by atoms with E-state index in [4.69, 9.17) is 4.98 Å². The van der Waals surface area contributed by atoms with Crippen LogP contribution in [0, 0.1) is 18.8 Å². The van der Waals surface area contributed by atoms with Gasteiger partial charge in [0.2, 0.25) is 5.91 Å². The van der Waals surface area contributed by atoms with Gasteiger partial charge in [-0.3, -0.25) is 9.89 Å². The minimum absolute atomic E-state index is 0.232. The van der Waals surface area contributed by atoms with Gasteiger partial charge in [-0.15, -0.1) is 0 Å². The molecule has 0 bridgehead atoms.